The molecule has 2 N–H and O–H groups in total. The minimum Gasteiger partial charge on any atom is -0.496 e. The second-order valence-corrected chi connectivity index (χ2v) is 6.37. The predicted molar refractivity (Wildman–Crippen MR) is 90.9 cm³/mol. The molecule has 134 valence electrons. The normalized spacial score (nSPS) is 20.6. The van der Waals surface area contributed by atoms with E-state index < -0.39 is 5.60 Å². The first-order valence-corrected chi connectivity index (χ1v) is 8.25. The van der Waals surface area contributed by atoms with Gasteiger partial charge in [0.1, 0.15) is 5.75 Å². The zero-order valence-corrected chi connectivity index (χ0v) is 14.3. The van der Waals surface area contributed by atoms with Gasteiger partial charge in [0.2, 0.25) is 5.91 Å². The van der Waals surface area contributed by atoms with E-state index in [2.05, 4.69) is 15.6 Å². The number of aliphatic hydroxyl groups is 1. The predicted octanol–water partition coefficient (Wildman–Crippen LogP) is 0.0399. The van der Waals surface area contributed by atoms with E-state index in [0.29, 0.717) is 32.6 Å². The summed E-state index contributed by atoms with van der Waals surface area (Å²) in [5, 5.41) is 21.2. The van der Waals surface area contributed by atoms with Crippen molar-refractivity contribution in [3.63, 3.8) is 0 Å². The number of para-hydroxylation sites is 1. The van der Waals surface area contributed by atoms with Crippen molar-refractivity contribution < 1.29 is 14.6 Å². The first-order chi connectivity index (χ1) is 12.1. The van der Waals surface area contributed by atoms with Crippen LogP contribution in [0.3, 0.4) is 0 Å². The molecule has 3 rings (SSSR count). The van der Waals surface area contributed by atoms with E-state index in [9.17, 15) is 9.90 Å². The quantitative estimate of drug-likeness (QED) is 0.736. The van der Waals surface area contributed by atoms with E-state index in [1.165, 1.54) is 0 Å². The van der Waals surface area contributed by atoms with Gasteiger partial charge in [-0.3, -0.25) is 9.69 Å². The van der Waals surface area contributed by atoms with Gasteiger partial charge in [-0.15, -0.1) is 5.10 Å². The highest BCUT2D eigenvalue weighted by Crippen LogP contribution is 2.22. The fourth-order valence-corrected chi connectivity index (χ4v) is 3.12. The molecule has 8 heteroatoms. The molecule has 2 heterocycles. The highest BCUT2D eigenvalue weighted by molar-refractivity contribution is 5.78. The molecule has 8 nitrogen and oxygen atoms in total. The van der Waals surface area contributed by atoms with Crippen molar-refractivity contribution in [2.75, 3.05) is 26.7 Å². The van der Waals surface area contributed by atoms with E-state index in [-0.39, 0.29) is 12.5 Å². The average molecular weight is 345 g/mol. The molecule has 0 aliphatic carbocycles. The Labute approximate surface area is 146 Å². The van der Waals surface area contributed by atoms with E-state index in [4.69, 9.17) is 4.74 Å². The second-order valence-electron chi connectivity index (χ2n) is 6.37. The number of carbonyl (C=O) groups excluding carboxylic acids is 1. The molecule has 1 aromatic carbocycles. The molecule has 1 amide bonds. The van der Waals surface area contributed by atoms with E-state index in [1.807, 2.05) is 29.2 Å². The molecule has 1 fully saturated rings. The number of nitrogens with zero attached hydrogens (tertiary/aromatic N) is 4. The van der Waals surface area contributed by atoms with Crippen LogP contribution in [0.25, 0.3) is 0 Å². The molecule has 1 atom stereocenters. The minimum absolute atomic E-state index is 0.0732. The summed E-state index contributed by atoms with van der Waals surface area (Å²) < 4.78 is 6.90. The van der Waals surface area contributed by atoms with Crippen molar-refractivity contribution >= 4 is 5.91 Å². The van der Waals surface area contributed by atoms with Crippen molar-refractivity contribution in [2.45, 2.75) is 25.1 Å². The summed E-state index contributed by atoms with van der Waals surface area (Å²) in [7, 11) is 1.61. The number of aromatic nitrogens is 3. The Morgan fingerprint density at radius 3 is 3.04 bits per heavy atom. The third-order valence-electron chi connectivity index (χ3n) is 4.38. The summed E-state index contributed by atoms with van der Waals surface area (Å²) >= 11 is 0. The highest BCUT2D eigenvalue weighted by atomic mass is 16.5. The summed E-state index contributed by atoms with van der Waals surface area (Å²) in [5.74, 6) is 0.682. The van der Waals surface area contributed by atoms with Crippen LogP contribution in [0.5, 0.6) is 5.75 Å². The number of rotatable bonds is 7. The summed E-state index contributed by atoms with van der Waals surface area (Å²) in [6.07, 6.45) is 3.91. The maximum atomic E-state index is 12.2. The van der Waals surface area contributed by atoms with Crippen LogP contribution in [0, 0.1) is 0 Å². The Balaban J connectivity index is 1.47. The van der Waals surface area contributed by atoms with Crippen molar-refractivity contribution in [1.29, 1.82) is 0 Å². The standard InChI is InChI=1S/C17H23N5O3/c1-25-15-5-3-2-4-14(15)10-18-16(23)11-21-8-6-17(24,12-21)13-22-9-7-19-20-22/h2-5,7,9,24H,6,8,10-13H2,1H3,(H,18,23). The number of β-amino-alcohol motifs (C(OH)–C–C–N with tert-alkyl or cyclic N) is 1. The molecular weight excluding hydrogens is 322 g/mol. The van der Waals surface area contributed by atoms with Gasteiger partial charge in [-0.1, -0.05) is 23.4 Å². The third kappa shape index (κ3) is 4.55. The fourth-order valence-electron chi connectivity index (χ4n) is 3.12. The third-order valence-corrected chi connectivity index (χ3v) is 4.38. The Hall–Kier alpha value is -2.45. The van der Waals surface area contributed by atoms with Crippen LogP contribution < -0.4 is 10.1 Å². The maximum Gasteiger partial charge on any atom is 0.234 e. The molecular formula is C17H23N5O3. The molecule has 0 saturated carbocycles. The van der Waals surface area contributed by atoms with Gasteiger partial charge in [0.05, 0.1) is 32.0 Å². The van der Waals surface area contributed by atoms with Crippen molar-refractivity contribution in [3.05, 3.63) is 42.2 Å². The number of methoxy groups -OCH3 is 1. The van der Waals surface area contributed by atoms with Crippen molar-refractivity contribution in [1.82, 2.24) is 25.2 Å². The Morgan fingerprint density at radius 2 is 2.28 bits per heavy atom. The van der Waals surface area contributed by atoms with Gasteiger partial charge < -0.3 is 15.2 Å². The summed E-state index contributed by atoms with van der Waals surface area (Å²) in [6, 6.07) is 7.59. The maximum absolute atomic E-state index is 12.2. The number of amides is 1. The molecule has 25 heavy (non-hydrogen) atoms. The molecule has 1 unspecified atom stereocenters. The molecule has 0 spiro atoms. The lowest BCUT2D eigenvalue weighted by molar-refractivity contribution is -0.122. The Kier molecular flexibility index (Phi) is 5.30. The first-order valence-electron chi connectivity index (χ1n) is 8.25. The Morgan fingerprint density at radius 1 is 1.44 bits per heavy atom. The van der Waals surface area contributed by atoms with Gasteiger partial charge in [0, 0.05) is 31.4 Å². The van der Waals surface area contributed by atoms with Crippen LogP contribution in [0.2, 0.25) is 0 Å². The number of likely N-dealkylation sites (tertiary alicyclic amines) is 1. The van der Waals surface area contributed by atoms with E-state index >= 15 is 0 Å². The van der Waals surface area contributed by atoms with Gasteiger partial charge in [0.15, 0.2) is 0 Å². The van der Waals surface area contributed by atoms with Crippen molar-refractivity contribution in [2.24, 2.45) is 0 Å². The zero-order chi connectivity index (χ0) is 17.7. The largest absolute Gasteiger partial charge is 0.496 e. The molecule has 1 saturated heterocycles. The number of benzene rings is 1. The lowest BCUT2D eigenvalue weighted by atomic mass is 10.0. The molecule has 2 aromatic rings. The number of ether oxygens (including phenoxy) is 1. The fraction of sp³-hybridized carbons (Fsp3) is 0.471. The van der Waals surface area contributed by atoms with Crippen LogP contribution in [-0.2, 0) is 17.9 Å². The van der Waals surface area contributed by atoms with Gasteiger partial charge in [0.25, 0.3) is 0 Å². The number of hydrogen-bond donors (Lipinski definition) is 2. The molecule has 0 bridgehead atoms. The van der Waals surface area contributed by atoms with Gasteiger partial charge in [-0.2, -0.15) is 0 Å². The van der Waals surface area contributed by atoms with Gasteiger partial charge in [-0.05, 0) is 12.5 Å². The summed E-state index contributed by atoms with van der Waals surface area (Å²) in [4.78, 5) is 14.2. The van der Waals surface area contributed by atoms with Gasteiger partial charge >= 0.3 is 0 Å². The van der Waals surface area contributed by atoms with Crippen molar-refractivity contribution in [3.8, 4) is 5.75 Å². The van der Waals surface area contributed by atoms with E-state index in [0.717, 1.165) is 11.3 Å². The second kappa shape index (κ2) is 7.62. The number of hydrogen-bond acceptors (Lipinski definition) is 6. The SMILES string of the molecule is COc1ccccc1CNC(=O)CN1CCC(O)(Cn2ccnn2)C1. The lowest BCUT2D eigenvalue weighted by Crippen LogP contribution is -2.41. The van der Waals surface area contributed by atoms with Crippen LogP contribution >= 0.6 is 0 Å². The summed E-state index contributed by atoms with van der Waals surface area (Å²) in [5.41, 5.74) is 0.0545. The van der Waals surface area contributed by atoms with Crippen LogP contribution in [0.1, 0.15) is 12.0 Å². The number of carbonyl (C=O) groups is 1. The molecule has 1 aliphatic rings. The molecule has 0 radical (unpaired) electrons. The van der Waals surface area contributed by atoms with Gasteiger partial charge in [-0.25, -0.2) is 4.68 Å². The van der Waals surface area contributed by atoms with Crippen LogP contribution in [0.15, 0.2) is 36.7 Å². The lowest BCUT2D eigenvalue weighted by Gasteiger charge is -2.23. The Bertz CT molecular complexity index is 706. The zero-order valence-electron chi connectivity index (χ0n) is 14.3. The van der Waals surface area contributed by atoms with E-state index in [1.54, 1.807) is 24.2 Å². The van der Waals surface area contributed by atoms with Crippen LogP contribution in [0.4, 0.5) is 0 Å². The molecule has 1 aromatic heterocycles. The smallest absolute Gasteiger partial charge is 0.234 e. The average Bonchev–Trinajstić information content (AvgIpc) is 3.23. The number of nitrogens with one attached hydrogen (secondary N) is 1. The minimum atomic E-state index is -0.878. The topological polar surface area (TPSA) is 92.5 Å². The summed E-state index contributed by atoms with van der Waals surface area (Å²) in [6.45, 7) is 2.17. The first kappa shape index (κ1) is 17.4. The molecule has 1 aliphatic heterocycles. The van der Waals surface area contributed by atoms with Crippen LogP contribution in [-0.4, -0.2) is 63.3 Å². The highest BCUT2D eigenvalue weighted by Gasteiger charge is 2.37. The monoisotopic (exact) mass is 345 g/mol.